The van der Waals surface area contributed by atoms with Gasteiger partial charge in [-0.15, -0.1) is 11.8 Å². The molecule has 5 heteroatoms. The lowest BCUT2D eigenvalue weighted by atomic mass is 10.0. The van der Waals surface area contributed by atoms with Crippen molar-refractivity contribution in [3.63, 3.8) is 0 Å². The van der Waals surface area contributed by atoms with E-state index in [1.807, 2.05) is 32.0 Å². The molecule has 0 aliphatic carbocycles. The molecule has 18 heavy (non-hydrogen) atoms. The van der Waals surface area contributed by atoms with Crippen LogP contribution in [-0.4, -0.2) is 23.7 Å². The van der Waals surface area contributed by atoms with Gasteiger partial charge < -0.3 is 16.4 Å². The van der Waals surface area contributed by atoms with Gasteiger partial charge in [-0.05, 0) is 38.5 Å². The summed E-state index contributed by atoms with van der Waals surface area (Å²) in [6, 6.07) is 5.71. The van der Waals surface area contributed by atoms with E-state index in [2.05, 4.69) is 0 Å². The zero-order valence-electron chi connectivity index (χ0n) is 10.8. The number of nitrogens with two attached hydrogens (primary N) is 2. The summed E-state index contributed by atoms with van der Waals surface area (Å²) in [4.78, 5) is 14.9. The number of anilines is 2. The van der Waals surface area contributed by atoms with Crippen molar-refractivity contribution in [2.45, 2.75) is 30.7 Å². The van der Waals surface area contributed by atoms with Gasteiger partial charge in [0.25, 0.3) is 0 Å². The molecule has 1 aliphatic heterocycles. The fourth-order valence-corrected chi connectivity index (χ4v) is 2.78. The minimum atomic E-state index is -0.272. The predicted octanol–water partition coefficient (Wildman–Crippen LogP) is 1.83. The fourth-order valence-electron chi connectivity index (χ4n) is 1.86. The van der Waals surface area contributed by atoms with Gasteiger partial charge in [-0.2, -0.15) is 0 Å². The number of carbonyl (C=O) groups is 1. The molecule has 4 N–H and O–H groups in total. The van der Waals surface area contributed by atoms with Crippen LogP contribution in [-0.2, 0) is 4.79 Å². The zero-order valence-corrected chi connectivity index (χ0v) is 11.6. The van der Waals surface area contributed by atoms with Crippen molar-refractivity contribution in [2.75, 3.05) is 22.9 Å². The molecule has 0 saturated heterocycles. The maximum Gasteiger partial charge on any atom is 0.237 e. The minimum Gasteiger partial charge on any atom is -0.399 e. The summed E-state index contributed by atoms with van der Waals surface area (Å²) < 4.78 is 0. The fraction of sp³-hybridized carbons (Fsp3) is 0.462. The Labute approximate surface area is 112 Å². The molecule has 98 valence electrons. The Morgan fingerprint density at radius 2 is 2.17 bits per heavy atom. The van der Waals surface area contributed by atoms with Crippen LogP contribution in [0.15, 0.2) is 23.1 Å². The summed E-state index contributed by atoms with van der Waals surface area (Å²) >= 11 is 1.56. The molecule has 0 spiro atoms. The molecule has 0 saturated carbocycles. The van der Waals surface area contributed by atoms with Crippen LogP contribution >= 0.6 is 11.8 Å². The van der Waals surface area contributed by atoms with Crippen molar-refractivity contribution in [3.8, 4) is 0 Å². The van der Waals surface area contributed by atoms with E-state index in [1.54, 1.807) is 16.7 Å². The standard InChI is InChI=1S/C13H19N3OS/c1-13(2,15)5-6-16-10-7-9(14)3-4-11(10)18-8-12(16)17/h3-4,7H,5-6,8,14-15H2,1-2H3. The molecule has 0 radical (unpaired) electrons. The van der Waals surface area contributed by atoms with Crippen LogP contribution < -0.4 is 16.4 Å². The van der Waals surface area contributed by atoms with Crippen molar-refractivity contribution in [3.05, 3.63) is 18.2 Å². The smallest absolute Gasteiger partial charge is 0.237 e. The molecule has 1 aliphatic rings. The van der Waals surface area contributed by atoms with Gasteiger partial charge in [-0.1, -0.05) is 0 Å². The average Bonchev–Trinajstić information content (AvgIpc) is 2.26. The summed E-state index contributed by atoms with van der Waals surface area (Å²) in [5.41, 5.74) is 13.1. The molecule has 1 heterocycles. The Bertz CT molecular complexity index is 468. The van der Waals surface area contributed by atoms with E-state index < -0.39 is 0 Å². The highest BCUT2D eigenvalue weighted by atomic mass is 32.2. The largest absolute Gasteiger partial charge is 0.399 e. The third-order valence-corrected chi connectivity index (χ3v) is 3.95. The highest BCUT2D eigenvalue weighted by Gasteiger charge is 2.26. The van der Waals surface area contributed by atoms with Crippen molar-refractivity contribution in [2.24, 2.45) is 5.73 Å². The number of thioether (sulfide) groups is 1. The lowest BCUT2D eigenvalue weighted by Gasteiger charge is -2.31. The molecule has 1 aromatic rings. The minimum absolute atomic E-state index is 0.127. The van der Waals surface area contributed by atoms with Crippen molar-refractivity contribution < 1.29 is 4.79 Å². The summed E-state index contributed by atoms with van der Waals surface area (Å²) in [6.07, 6.45) is 0.762. The van der Waals surface area contributed by atoms with Gasteiger partial charge in [-0.3, -0.25) is 4.79 Å². The van der Waals surface area contributed by atoms with E-state index in [9.17, 15) is 4.79 Å². The predicted molar refractivity (Wildman–Crippen MR) is 76.8 cm³/mol. The van der Waals surface area contributed by atoms with Crippen LogP contribution in [0.2, 0.25) is 0 Å². The third-order valence-electron chi connectivity index (χ3n) is 2.91. The van der Waals surface area contributed by atoms with Crippen LogP contribution in [0.5, 0.6) is 0 Å². The average molecular weight is 265 g/mol. The number of amides is 1. The van der Waals surface area contributed by atoms with E-state index in [-0.39, 0.29) is 11.4 Å². The SMILES string of the molecule is CC(C)(N)CCN1C(=O)CSc2ccc(N)cc21. The second-order valence-corrected chi connectivity index (χ2v) is 6.32. The molecule has 4 nitrogen and oxygen atoms in total. The molecule has 2 rings (SSSR count). The van der Waals surface area contributed by atoms with Crippen LogP contribution in [0.4, 0.5) is 11.4 Å². The van der Waals surface area contributed by atoms with Gasteiger partial charge in [0.15, 0.2) is 0 Å². The number of carbonyl (C=O) groups excluding carboxylic acids is 1. The second kappa shape index (κ2) is 4.82. The topological polar surface area (TPSA) is 72.3 Å². The Kier molecular flexibility index (Phi) is 3.54. The Hall–Kier alpha value is -1.20. The molecule has 0 bridgehead atoms. The Morgan fingerprint density at radius 3 is 2.83 bits per heavy atom. The van der Waals surface area contributed by atoms with Gasteiger partial charge in [0.05, 0.1) is 11.4 Å². The van der Waals surface area contributed by atoms with Gasteiger partial charge >= 0.3 is 0 Å². The number of nitrogen functional groups attached to an aromatic ring is 1. The molecular weight excluding hydrogens is 246 g/mol. The maximum absolute atomic E-state index is 12.0. The van der Waals surface area contributed by atoms with E-state index in [0.29, 0.717) is 18.0 Å². The molecule has 0 fully saturated rings. The number of hydrogen-bond acceptors (Lipinski definition) is 4. The van der Waals surface area contributed by atoms with Gasteiger partial charge in [0, 0.05) is 22.7 Å². The van der Waals surface area contributed by atoms with Gasteiger partial charge in [-0.25, -0.2) is 0 Å². The Balaban J connectivity index is 2.24. The number of benzene rings is 1. The number of hydrogen-bond donors (Lipinski definition) is 2. The normalized spacial score (nSPS) is 15.7. The summed E-state index contributed by atoms with van der Waals surface area (Å²) in [6.45, 7) is 4.58. The van der Waals surface area contributed by atoms with E-state index in [1.165, 1.54) is 0 Å². The highest BCUT2D eigenvalue weighted by molar-refractivity contribution is 8.00. The monoisotopic (exact) mass is 265 g/mol. The van der Waals surface area contributed by atoms with Crippen LogP contribution in [0, 0.1) is 0 Å². The summed E-state index contributed by atoms with van der Waals surface area (Å²) in [5, 5.41) is 0. The number of rotatable bonds is 3. The quantitative estimate of drug-likeness (QED) is 0.818. The van der Waals surface area contributed by atoms with Gasteiger partial charge in [0.2, 0.25) is 5.91 Å². The number of nitrogens with zero attached hydrogens (tertiary/aromatic N) is 1. The second-order valence-electron chi connectivity index (χ2n) is 5.30. The molecule has 0 aromatic heterocycles. The zero-order chi connectivity index (χ0) is 13.3. The first-order chi connectivity index (χ1) is 8.37. The van der Waals surface area contributed by atoms with Gasteiger partial charge in [0.1, 0.15) is 0 Å². The van der Waals surface area contributed by atoms with Crippen LogP contribution in [0.25, 0.3) is 0 Å². The lowest BCUT2D eigenvalue weighted by molar-refractivity contribution is -0.116. The van der Waals surface area contributed by atoms with Crippen molar-refractivity contribution in [1.29, 1.82) is 0 Å². The first kappa shape index (κ1) is 13.2. The highest BCUT2D eigenvalue weighted by Crippen LogP contribution is 2.36. The first-order valence-electron chi connectivity index (χ1n) is 5.98. The molecular formula is C13H19N3OS. The molecule has 1 amide bonds. The molecule has 0 unspecified atom stereocenters. The van der Waals surface area contributed by atoms with Crippen molar-refractivity contribution >= 4 is 29.0 Å². The molecule has 0 atom stereocenters. The van der Waals surface area contributed by atoms with E-state index >= 15 is 0 Å². The number of fused-ring (bicyclic) bond motifs is 1. The van der Waals surface area contributed by atoms with E-state index in [4.69, 9.17) is 11.5 Å². The first-order valence-corrected chi connectivity index (χ1v) is 6.97. The van der Waals surface area contributed by atoms with Crippen LogP contribution in [0.3, 0.4) is 0 Å². The van der Waals surface area contributed by atoms with Crippen molar-refractivity contribution in [1.82, 2.24) is 0 Å². The van der Waals surface area contributed by atoms with E-state index in [0.717, 1.165) is 17.0 Å². The summed E-state index contributed by atoms with van der Waals surface area (Å²) in [5.74, 6) is 0.615. The third kappa shape index (κ3) is 2.97. The van der Waals surface area contributed by atoms with Crippen LogP contribution in [0.1, 0.15) is 20.3 Å². The lowest BCUT2D eigenvalue weighted by Crippen LogP contribution is -2.41. The summed E-state index contributed by atoms with van der Waals surface area (Å²) in [7, 11) is 0. The Morgan fingerprint density at radius 1 is 1.44 bits per heavy atom. The maximum atomic E-state index is 12.0. The molecule has 1 aromatic carbocycles.